The second-order valence-corrected chi connectivity index (χ2v) is 30.5. The molecule has 3 aromatic heterocycles. The number of rotatable bonds is 24. The number of ketones is 3. The molecule has 1 unspecified atom stereocenters. The van der Waals surface area contributed by atoms with Gasteiger partial charge in [0, 0.05) is 111 Å². The summed E-state index contributed by atoms with van der Waals surface area (Å²) in [5.74, 6) is 4.54. The number of hydrogen-bond acceptors (Lipinski definition) is 20. The topological polar surface area (TPSA) is 231 Å². The Hall–Kier alpha value is -12.3. The van der Waals surface area contributed by atoms with Crippen LogP contribution in [0.25, 0.3) is 66.3 Å². The molecule has 0 radical (unpaired) electrons. The molecule has 9 aromatic carbocycles. The van der Waals surface area contributed by atoms with Crippen molar-refractivity contribution in [1.82, 2.24) is 9.80 Å². The Labute approximate surface area is 680 Å². The van der Waals surface area contributed by atoms with Crippen LogP contribution in [0, 0.1) is 27.7 Å². The molecule has 5 heterocycles. The number of benzene rings is 9. The van der Waals surface area contributed by atoms with Gasteiger partial charge in [-0.15, -0.1) is 0 Å². The molecule has 0 spiro atoms. The normalized spacial score (nSPS) is 14.6. The molecule has 3 aliphatic rings. The van der Waals surface area contributed by atoms with Crippen molar-refractivity contribution in [2.45, 2.75) is 123 Å². The van der Waals surface area contributed by atoms with E-state index in [0.29, 0.717) is 112 Å². The number of nitrogens with zero attached hydrogens (tertiary/aromatic N) is 2. The van der Waals surface area contributed by atoms with Gasteiger partial charge in [0.1, 0.15) is 35.0 Å². The van der Waals surface area contributed by atoms with E-state index in [2.05, 4.69) is 23.9 Å². The number of likely N-dealkylation sites (tertiary alicyclic amines) is 2. The first-order valence-electron chi connectivity index (χ1n) is 39.7. The number of hydrogen-bond donors (Lipinski definition) is 0. The van der Waals surface area contributed by atoms with Gasteiger partial charge in [0.25, 0.3) is 0 Å². The van der Waals surface area contributed by atoms with Gasteiger partial charge in [-0.05, 0) is 220 Å². The Morgan fingerprint density at radius 3 is 1.13 bits per heavy atom. The summed E-state index contributed by atoms with van der Waals surface area (Å²) in [6.45, 7) is 11.7. The molecule has 2 aliphatic heterocycles. The SMILES string of the molecule is COc1ccc(C(=O)Cc2cc3cc(OC)c(OC4CCCN(C)C4)c(C)c3oc2=O)cc1-c1cccc(C)c1.COc1ccc(C(=O)Cc2cc3ccc(OC4CCCCC4)c(OC)c3oc2=O)cc1-c1cccc(C)c1.COc1ccc(C(=O)Cc2cc3ccc(OC4CCN(C)CC4)c(OC)c3oc2=O)cc1-c1cccc(C)c1. The van der Waals surface area contributed by atoms with E-state index < -0.39 is 16.9 Å². The molecule has 0 amide bonds. The number of carbonyl (C=O) groups is 3. The first kappa shape index (κ1) is 82.7. The van der Waals surface area contributed by atoms with E-state index in [4.69, 9.17) is 55.9 Å². The standard InChI is InChI=1S/C33H35NO6.C32H33NO6.C32H32O6/c1-20-8-6-9-22(14-20)27-16-23(11-12-29(27)37-4)28(35)17-25-15-24-18-30(38-5)32(21(2)31(24)40-33(25)36)39-26-10-7-13-34(3)19-26;1-20-6-5-7-21(16-20)26-18-22(8-10-28(26)36-3)27(34)19-24-17-23-9-11-29(31(37-4)30(23)39-32(24)35)38-25-12-14-33(2)15-13-25;1-20-8-7-9-21(16-20)26-18-22(12-14-28(26)35-2)27(33)19-24-17-23-13-15-29(37-25-10-5-4-6-11-25)31(36-3)30(23)38-32(24)34/h6,8-9,11-12,14-16,18,26H,7,10,13,17,19H2,1-5H3;5-11,16-18,25H,12-15,19H2,1-4H3;7-9,12-18,25H,4-6,10-11,19H2,1-3H3. The predicted octanol–water partition coefficient (Wildman–Crippen LogP) is 18.6. The highest BCUT2D eigenvalue weighted by Crippen LogP contribution is 2.43. The highest BCUT2D eigenvalue weighted by atomic mass is 16.5. The number of ether oxygens (including phenoxy) is 9. The van der Waals surface area contributed by atoms with Gasteiger partial charge in [0.15, 0.2) is 51.5 Å². The van der Waals surface area contributed by atoms with Crippen molar-refractivity contribution in [3.8, 4) is 85.1 Å². The number of Topliss-reactive ketones (excluding diaryl/α,β-unsaturated/α-hetero) is 3. The van der Waals surface area contributed by atoms with Gasteiger partial charge in [-0.2, -0.15) is 0 Å². The van der Waals surface area contributed by atoms with Gasteiger partial charge in [0.2, 0.25) is 11.5 Å². The average molecular weight is 1580 g/mol. The summed E-state index contributed by atoms with van der Waals surface area (Å²) in [4.78, 5) is 83.5. The van der Waals surface area contributed by atoms with E-state index in [-0.39, 0.29) is 66.1 Å². The van der Waals surface area contributed by atoms with Crippen molar-refractivity contribution in [2.75, 3.05) is 82.9 Å². The fourth-order valence-electron chi connectivity index (χ4n) is 15.6. The van der Waals surface area contributed by atoms with E-state index in [1.54, 1.807) is 83.0 Å². The Balaban J connectivity index is 0.000000152. The summed E-state index contributed by atoms with van der Waals surface area (Å²) in [5.41, 5.74) is 11.1. The minimum atomic E-state index is -0.571. The number of carbonyl (C=O) groups excluding carboxylic acids is 3. The van der Waals surface area contributed by atoms with Crippen LogP contribution < -0.4 is 59.5 Å². The minimum absolute atomic E-state index is 0.0293. The Bertz CT molecular complexity index is 5840. The zero-order valence-electron chi connectivity index (χ0n) is 68.5. The summed E-state index contributed by atoms with van der Waals surface area (Å²) >= 11 is 0. The van der Waals surface area contributed by atoms with Crippen LogP contribution in [0.1, 0.15) is 128 Å². The molecular formula is C97H100N2O18. The lowest BCUT2D eigenvalue weighted by Gasteiger charge is -2.31. The molecular weight excluding hydrogens is 1480 g/mol. The molecule has 12 aromatic rings. The molecule has 20 heteroatoms. The largest absolute Gasteiger partial charge is 0.496 e. The number of methoxy groups -OCH3 is 6. The Morgan fingerprint density at radius 1 is 0.350 bits per heavy atom. The molecule has 15 rings (SSSR count). The zero-order chi connectivity index (χ0) is 82.6. The lowest BCUT2D eigenvalue weighted by atomic mass is 9.96. The van der Waals surface area contributed by atoms with Gasteiger partial charge in [0.05, 0.1) is 48.8 Å². The van der Waals surface area contributed by atoms with E-state index in [0.717, 1.165) is 128 Å². The maximum absolute atomic E-state index is 13.4. The van der Waals surface area contributed by atoms with Gasteiger partial charge >= 0.3 is 16.9 Å². The Morgan fingerprint density at radius 2 is 0.735 bits per heavy atom. The van der Waals surface area contributed by atoms with Crippen molar-refractivity contribution < 1.29 is 70.3 Å². The summed E-state index contributed by atoms with van der Waals surface area (Å²) < 4.78 is 69.5. The molecule has 3 fully saturated rings. The first-order valence-corrected chi connectivity index (χ1v) is 39.7. The van der Waals surface area contributed by atoms with Crippen molar-refractivity contribution in [3.63, 3.8) is 0 Å². The van der Waals surface area contributed by atoms with Crippen LogP contribution in [0.4, 0.5) is 0 Å². The second kappa shape index (κ2) is 37.6. The molecule has 2 saturated heterocycles. The zero-order valence-corrected chi connectivity index (χ0v) is 68.5. The van der Waals surface area contributed by atoms with Gasteiger partial charge in [-0.3, -0.25) is 14.4 Å². The maximum Gasteiger partial charge on any atom is 0.340 e. The highest BCUT2D eigenvalue weighted by Gasteiger charge is 2.28. The van der Waals surface area contributed by atoms with Gasteiger partial charge in [-0.1, -0.05) is 95.9 Å². The van der Waals surface area contributed by atoms with Crippen LogP contribution in [-0.2, 0) is 19.3 Å². The first-order chi connectivity index (χ1) is 56.6. The van der Waals surface area contributed by atoms with E-state index in [1.807, 2.05) is 149 Å². The Kier molecular flexibility index (Phi) is 26.6. The number of piperidine rings is 2. The van der Waals surface area contributed by atoms with Crippen LogP contribution in [0.2, 0.25) is 0 Å². The minimum Gasteiger partial charge on any atom is -0.496 e. The van der Waals surface area contributed by atoms with Crippen LogP contribution in [-0.4, -0.2) is 128 Å². The molecule has 0 bridgehead atoms. The van der Waals surface area contributed by atoms with Crippen molar-refractivity contribution >= 4 is 50.3 Å². The van der Waals surface area contributed by atoms with Gasteiger partial charge in [-0.25, -0.2) is 14.4 Å². The summed E-state index contributed by atoms with van der Waals surface area (Å²) in [6, 6.07) is 54.3. The molecule has 117 heavy (non-hydrogen) atoms. The lowest BCUT2D eigenvalue weighted by Crippen LogP contribution is -2.38. The fraction of sp³-hybridized carbons (Fsp3) is 0.320. The van der Waals surface area contributed by atoms with E-state index in [1.165, 1.54) is 20.6 Å². The van der Waals surface area contributed by atoms with Crippen molar-refractivity contribution in [2.24, 2.45) is 0 Å². The van der Waals surface area contributed by atoms with Crippen molar-refractivity contribution in [1.29, 1.82) is 0 Å². The smallest absolute Gasteiger partial charge is 0.340 e. The molecule has 1 saturated carbocycles. The average Bonchev–Trinajstić information content (AvgIpc) is 0.831. The molecule has 606 valence electrons. The maximum atomic E-state index is 13.4. The molecule has 0 N–H and O–H groups in total. The fourth-order valence-corrected chi connectivity index (χ4v) is 15.6. The monoisotopic (exact) mass is 1580 g/mol. The number of likely N-dealkylation sites (N-methyl/N-ethyl adjacent to an activating group) is 1. The quantitative estimate of drug-likeness (QED) is 0.0404. The second-order valence-electron chi connectivity index (χ2n) is 30.5. The number of aryl methyl sites for hydroxylation is 4. The number of fused-ring (bicyclic) bond motifs is 3. The third-order valence-corrected chi connectivity index (χ3v) is 21.9. The van der Waals surface area contributed by atoms with Crippen LogP contribution in [0.3, 0.4) is 0 Å². The molecule has 1 aliphatic carbocycles. The van der Waals surface area contributed by atoms with E-state index in [9.17, 15) is 28.8 Å². The molecule has 1 atom stereocenters. The lowest BCUT2D eigenvalue weighted by molar-refractivity contribution is 0.0984. The summed E-state index contributed by atoms with van der Waals surface area (Å²) in [5, 5.41) is 2.02. The highest BCUT2D eigenvalue weighted by molar-refractivity contribution is 6.02. The van der Waals surface area contributed by atoms with Crippen LogP contribution in [0.15, 0.2) is 204 Å². The summed E-state index contributed by atoms with van der Waals surface area (Å²) in [7, 11) is 13.7. The molecule has 20 nitrogen and oxygen atoms in total. The van der Waals surface area contributed by atoms with E-state index >= 15 is 0 Å². The van der Waals surface area contributed by atoms with Crippen LogP contribution >= 0.6 is 0 Å². The third-order valence-electron chi connectivity index (χ3n) is 21.9. The van der Waals surface area contributed by atoms with Crippen molar-refractivity contribution in [3.05, 3.63) is 263 Å². The third kappa shape index (κ3) is 19.5. The predicted molar refractivity (Wildman–Crippen MR) is 455 cm³/mol. The van der Waals surface area contributed by atoms with Crippen LogP contribution in [0.5, 0.6) is 51.7 Å². The van der Waals surface area contributed by atoms with Gasteiger partial charge < -0.3 is 65.7 Å². The summed E-state index contributed by atoms with van der Waals surface area (Å²) in [6.07, 6.45) is 9.35.